The number of nitrogens with two attached hydrogens (primary N) is 1. The third-order valence-electron chi connectivity index (χ3n) is 3.19. The number of fused-ring (bicyclic) bond motifs is 1. The molecule has 0 radical (unpaired) electrons. The van der Waals surface area contributed by atoms with Crippen LogP contribution in [-0.2, 0) is 6.42 Å². The van der Waals surface area contributed by atoms with Crippen molar-refractivity contribution in [2.45, 2.75) is 6.42 Å². The van der Waals surface area contributed by atoms with Gasteiger partial charge in [0.15, 0.2) is 5.75 Å². The Morgan fingerprint density at radius 1 is 1.10 bits per heavy atom. The molecule has 2 aromatic carbocycles. The third kappa shape index (κ3) is 3.01. The summed E-state index contributed by atoms with van der Waals surface area (Å²) in [5.74, 6) is 0.734. The van der Waals surface area contributed by atoms with Gasteiger partial charge < -0.3 is 10.5 Å². The molecule has 0 aliphatic heterocycles. The second kappa shape index (κ2) is 5.89. The lowest BCUT2D eigenvalue weighted by atomic mass is 10.1. The molecular weight excluding hydrogens is 267 g/mol. The number of pyridine rings is 1. The molecule has 0 atom stereocenters. The van der Waals surface area contributed by atoms with Gasteiger partial charge in [0.2, 0.25) is 0 Å². The first-order valence-electron chi connectivity index (χ1n) is 6.77. The average molecular weight is 282 g/mol. The van der Waals surface area contributed by atoms with Gasteiger partial charge in [-0.2, -0.15) is 0 Å². The second-order valence-electron chi connectivity index (χ2n) is 4.77. The highest BCUT2D eigenvalue weighted by molar-refractivity contribution is 5.84. The summed E-state index contributed by atoms with van der Waals surface area (Å²) in [6.07, 6.45) is 2.32. The van der Waals surface area contributed by atoms with E-state index in [4.69, 9.17) is 10.5 Å². The predicted octanol–water partition coefficient (Wildman–Crippen LogP) is 3.67. The van der Waals surface area contributed by atoms with E-state index in [1.807, 2.05) is 30.3 Å². The van der Waals surface area contributed by atoms with Crippen molar-refractivity contribution < 1.29 is 9.13 Å². The van der Waals surface area contributed by atoms with Crippen LogP contribution >= 0.6 is 0 Å². The summed E-state index contributed by atoms with van der Waals surface area (Å²) in [6.45, 7) is 0.471. The monoisotopic (exact) mass is 282 g/mol. The van der Waals surface area contributed by atoms with Crippen molar-refractivity contribution in [1.82, 2.24) is 4.98 Å². The number of hydrogen-bond donors (Lipinski definition) is 1. The molecule has 2 N–H and O–H groups in total. The average Bonchev–Trinajstić information content (AvgIpc) is 2.47. The van der Waals surface area contributed by atoms with E-state index in [-0.39, 0.29) is 5.82 Å². The Morgan fingerprint density at radius 3 is 2.81 bits per heavy atom. The Balaban J connectivity index is 1.98. The van der Waals surface area contributed by atoms with Gasteiger partial charge in [-0.1, -0.05) is 18.2 Å². The van der Waals surface area contributed by atoms with E-state index in [0.717, 1.165) is 16.5 Å². The molecule has 0 unspecified atom stereocenters. The van der Waals surface area contributed by atoms with Crippen molar-refractivity contribution >= 4 is 10.9 Å². The Hall–Kier alpha value is -2.46. The Morgan fingerprint density at radius 2 is 1.95 bits per heavy atom. The maximum atomic E-state index is 13.6. The van der Waals surface area contributed by atoms with E-state index < -0.39 is 0 Å². The molecule has 0 bridgehead atoms. The minimum Gasteiger partial charge on any atom is -0.455 e. The van der Waals surface area contributed by atoms with Gasteiger partial charge in [0.05, 0.1) is 0 Å². The van der Waals surface area contributed by atoms with Crippen LogP contribution in [0, 0.1) is 5.82 Å². The van der Waals surface area contributed by atoms with Gasteiger partial charge in [0.25, 0.3) is 0 Å². The van der Waals surface area contributed by atoms with Gasteiger partial charge in [-0.3, -0.25) is 4.98 Å². The summed E-state index contributed by atoms with van der Waals surface area (Å²) in [4.78, 5) is 4.32. The highest BCUT2D eigenvalue weighted by Crippen LogP contribution is 2.29. The lowest BCUT2D eigenvalue weighted by Gasteiger charge is -2.10. The Labute approximate surface area is 122 Å². The summed E-state index contributed by atoms with van der Waals surface area (Å²) < 4.78 is 19.4. The largest absolute Gasteiger partial charge is 0.455 e. The molecule has 4 heteroatoms. The lowest BCUT2D eigenvalue weighted by molar-refractivity contribution is 0.480. The van der Waals surface area contributed by atoms with Gasteiger partial charge >= 0.3 is 0 Å². The zero-order valence-corrected chi connectivity index (χ0v) is 11.4. The van der Waals surface area contributed by atoms with Crippen LogP contribution in [0.4, 0.5) is 4.39 Å². The summed E-state index contributed by atoms with van der Waals surface area (Å²) >= 11 is 0. The zero-order chi connectivity index (χ0) is 14.7. The molecule has 0 amide bonds. The minimum absolute atomic E-state index is 0.329. The van der Waals surface area contributed by atoms with Crippen LogP contribution in [0.15, 0.2) is 54.7 Å². The van der Waals surface area contributed by atoms with Crippen LogP contribution < -0.4 is 10.5 Å². The molecule has 0 spiro atoms. The molecule has 0 saturated heterocycles. The third-order valence-corrected chi connectivity index (χ3v) is 3.19. The van der Waals surface area contributed by atoms with Crippen molar-refractivity contribution in [3.8, 4) is 11.5 Å². The molecule has 106 valence electrons. The SMILES string of the molecule is NCCc1cc(F)cc(Oc2cccc3cccnc23)c1. The zero-order valence-electron chi connectivity index (χ0n) is 11.4. The fourth-order valence-corrected chi connectivity index (χ4v) is 2.28. The number of para-hydroxylation sites is 1. The topological polar surface area (TPSA) is 48.1 Å². The number of rotatable bonds is 4. The standard InChI is InChI=1S/C17H15FN2O/c18-14-9-12(6-7-19)10-15(11-14)21-16-5-1-3-13-4-2-8-20-17(13)16/h1-5,8-11H,6-7,19H2. The van der Waals surface area contributed by atoms with E-state index in [1.54, 1.807) is 12.3 Å². The summed E-state index contributed by atoms with van der Waals surface area (Å²) in [5.41, 5.74) is 7.09. The number of benzene rings is 2. The number of aromatic nitrogens is 1. The van der Waals surface area contributed by atoms with E-state index in [9.17, 15) is 4.39 Å². The fourth-order valence-electron chi connectivity index (χ4n) is 2.28. The number of ether oxygens (including phenoxy) is 1. The maximum Gasteiger partial charge on any atom is 0.153 e. The summed E-state index contributed by atoms with van der Waals surface area (Å²) in [7, 11) is 0. The number of halogens is 1. The van der Waals surface area contributed by atoms with Crippen LogP contribution in [-0.4, -0.2) is 11.5 Å². The Kier molecular flexibility index (Phi) is 3.79. The molecule has 3 rings (SSSR count). The molecule has 1 aromatic heterocycles. The van der Waals surface area contributed by atoms with Gasteiger partial charge in [0, 0.05) is 17.6 Å². The highest BCUT2D eigenvalue weighted by Gasteiger charge is 2.07. The van der Waals surface area contributed by atoms with Crippen molar-refractivity contribution in [2.24, 2.45) is 5.73 Å². The number of hydrogen-bond acceptors (Lipinski definition) is 3. The molecule has 0 saturated carbocycles. The Bertz CT molecular complexity index is 768. The normalized spacial score (nSPS) is 10.8. The fraction of sp³-hybridized carbons (Fsp3) is 0.118. The first-order valence-corrected chi connectivity index (χ1v) is 6.77. The predicted molar refractivity (Wildman–Crippen MR) is 81.0 cm³/mol. The molecule has 0 fully saturated rings. The molecule has 3 nitrogen and oxygen atoms in total. The van der Waals surface area contributed by atoms with Crippen molar-refractivity contribution in [3.63, 3.8) is 0 Å². The quantitative estimate of drug-likeness (QED) is 0.794. The highest BCUT2D eigenvalue weighted by atomic mass is 19.1. The van der Waals surface area contributed by atoms with Crippen LogP contribution in [0.2, 0.25) is 0 Å². The molecule has 1 heterocycles. The van der Waals surface area contributed by atoms with Crippen LogP contribution in [0.3, 0.4) is 0 Å². The molecule has 0 aliphatic carbocycles. The summed E-state index contributed by atoms with van der Waals surface area (Å²) in [6, 6.07) is 14.1. The smallest absolute Gasteiger partial charge is 0.153 e. The van der Waals surface area contributed by atoms with Gasteiger partial charge in [-0.05, 0) is 42.8 Å². The van der Waals surface area contributed by atoms with E-state index in [0.29, 0.717) is 24.5 Å². The molecular formula is C17H15FN2O. The number of nitrogens with zero attached hydrogens (tertiary/aromatic N) is 1. The first kappa shape index (κ1) is 13.5. The lowest BCUT2D eigenvalue weighted by Crippen LogP contribution is -2.03. The maximum absolute atomic E-state index is 13.6. The van der Waals surface area contributed by atoms with Gasteiger partial charge in [-0.25, -0.2) is 4.39 Å². The van der Waals surface area contributed by atoms with Crippen molar-refractivity contribution in [1.29, 1.82) is 0 Å². The van der Waals surface area contributed by atoms with Gasteiger partial charge in [-0.15, -0.1) is 0 Å². The van der Waals surface area contributed by atoms with Crippen molar-refractivity contribution in [3.05, 3.63) is 66.1 Å². The van der Waals surface area contributed by atoms with Crippen LogP contribution in [0.1, 0.15) is 5.56 Å². The van der Waals surface area contributed by atoms with E-state index in [1.165, 1.54) is 12.1 Å². The van der Waals surface area contributed by atoms with E-state index in [2.05, 4.69) is 4.98 Å². The second-order valence-corrected chi connectivity index (χ2v) is 4.77. The summed E-state index contributed by atoms with van der Waals surface area (Å²) in [5, 5.41) is 0.980. The molecule has 3 aromatic rings. The molecule has 0 aliphatic rings. The van der Waals surface area contributed by atoms with E-state index >= 15 is 0 Å². The molecule has 21 heavy (non-hydrogen) atoms. The van der Waals surface area contributed by atoms with Crippen LogP contribution in [0.25, 0.3) is 10.9 Å². The van der Waals surface area contributed by atoms with Crippen LogP contribution in [0.5, 0.6) is 11.5 Å². The first-order chi connectivity index (χ1) is 10.3. The van der Waals surface area contributed by atoms with Gasteiger partial charge in [0.1, 0.15) is 17.1 Å². The van der Waals surface area contributed by atoms with Crippen molar-refractivity contribution in [2.75, 3.05) is 6.54 Å². The minimum atomic E-state index is -0.329.